The average molecular weight is 389 g/mol. The van der Waals surface area contributed by atoms with Crippen LogP contribution in [0.25, 0.3) is 33.9 Å². The molecule has 0 aliphatic heterocycles. The molecule has 0 aliphatic carbocycles. The standard InChI is InChI=1S/C19H12ClF3N4/c1-2-27-18(11-7-6-10(21)8-12(11)20)25-15-9-24-17(26-19(15)27)16-13(22)4-3-5-14(16)23/h3-9H,2H2,1H3. The number of benzene rings is 2. The first-order chi connectivity index (χ1) is 13.0. The highest BCUT2D eigenvalue weighted by molar-refractivity contribution is 6.33. The molecule has 27 heavy (non-hydrogen) atoms. The number of nitrogens with zero attached hydrogens (tertiary/aromatic N) is 4. The SMILES string of the molecule is CCn1c(-c2ccc(F)cc2Cl)nc2cnc(-c3c(F)cccc3F)nc21. The molecule has 2 aromatic carbocycles. The topological polar surface area (TPSA) is 43.6 Å². The number of halogens is 4. The van der Waals surface area contributed by atoms with Crippen molar-refractivity contribution in [1.29, 1.82) is 0 Å². The molecule has 4 rings (SSSR count). The van der Waals surface area contributed by atoms with E-state index in [0.717, 1.165) is 12.1 Å². The van der Waals surface area contributed by atoms with Crippen LogP contribution in [0.2, 0.25) is 5.02 Å². The number of aromatic nitrogens is 4. The fourth-order valence-corrected chi connectivity index (χ4v) is 3.18. The van der Waals surface area contributed by atoms with E-state index in [1.54, 1.807) is 4.57 Å². The van der Waals surface area contributed by atoms with Gasteiger partial charge in [-0.15, -0.1) is 0 Å². The van der Waals surface area contributed by atoms with Crippen molar-refractivity contribution in [3.8, 4) is 22.8 Å². The zero-order valence-corrected chi connectivity index (χ0v) is 14.8. The maximum absolute atomic E-state index is 14.1. The van der Waals surface area contributed by atoms with Gasteiger partial charge in [-0.1, -0.05) is 17.7 Å². The maximum atomic E-state index is 14.1. The fourth-order valence-electron chi connectivity index (χ4n) is 2.93. The van der Waals surface area contributed by atoms with Crippen molar-refractivity contribution in [2.24, 2.45) is 0 Å². The van der Waals surface area contributed by atoms with Gasteiger partial charge in [0.15, 0.2) is 11.5 Å². The molecule has 0 amide bonds. The molecule has 2 aromatic heterocycles. The van der Waals surface area contributed by atoms with Gasteiger partial charge in [0.2, 0.25) is 0 Å². The monoisotopic (exact) mass is 388 g/mol. The van der Waals surface area contributed by atoms with Crippen LogP contribution in [0.15, 0.2) is 42.6 Å². The molecule has 136 valence electrons. The van der Waals surface area contributed by atoms with Crippen molar-refractivity contribution in [3.05, 3.63) is 65.1 Å². The molecular formula is C19H12ClF3N4. The van der Waals surface area contributed by atoms with Crippen molar-refractivity contribution >= 4 is 22.8 Å². The second kappa shape index (κ2) is 6.66. The van der Waals surface area contributed by atoms with Crippen molar-refractivity contribution in [3.63, 3.8) is 0 Å². The lowest BCUT2D eigenvalue weighted by molar-refractivity contribution is 0.587. The second-order valence-corrected chi connectivity index (χ2v) is 6.21. The number of imidazole rings is 1. The molecule has 0 aliphatic rings. The third kappa shape index (κ3) is 2.94. The summed E-state index contributed by atoms with van der Waals surface area (Å²) in [6, 6.07) is 7.57. The quantitative estimate of drug-likeness (QED) is 0.481. The van der Waals surface area contributed by atoms with E-state index in [1.807, 2.05) is 6.92 Å². The van der Waals surface area contributed by atoms with E-state index in [-0.39, 0.29) is 16.4 Å². The minimum Gasteiger partial charge on any atom is -0.309 e. The fraction of sp³-hybridized carbons (Fsp3) is 0.105. The minimum atomic E-state index is -0.751. The van der Waals surface area contributed by atoms with E-state index in [2.05, 4.69) is 15.0 Å². The highest BCUT2D eigenvalue weighted by Crippen LogP contribution is 2.31. The van der Waals surface area contributed by atoms with Gasteiger partial charge < -0.3 is 4.57 Å². The van der Waals surface area contributed by atoms with Crippen molar-refractivity contribution < 1.29 is 13.2 Å². The first-order valence-electron chi connectivity index (χ1n) is 8.12. The first-order valence-corrected chi connectivity index (χ1v) is 8.50. The highest BCUT2D eigenvalue weighted by Gasteiger charge is 2.19. The lowest BCUT2D eigenvalue weighted by Crippen LogP contribution is -2.01. The molecule has 4 nitrogen and oxygen atoms in total. The van der Waals surface area contributed by atoms with Gasteiger partial charge in [-0.2, -0.15) is 0 Å². The van der Waals surface area contributed by atoms with Gasteiger partial charge in [0.1, 0.15) is 28.8 Å². The molecule has 0 radical (unpaired) electrons. The molecule has 2 heterocycles. The van der Waals surface area contributed by atoms with E-state index >= 15 is 0 Å². The maximum Gasteiger partial charge on any atom is 0.167 e. The van der Waals surface area contributed by atoms with Gasteiger partial charge in [-0.25, -0.2) is 28.1 Å². The molecule has 0 saturated carbocycles. The Morgan fingerprint density at radius 1 is 1.04 bits per heavy atom. The Kier molecular flexibility index (Phi) is 4.31. The van der Waals surface area contributed by atoms with Crippen molar-refractivity contribution in [2.45, 2.75) is 13.5 Å². The lowest BCUT2D eigenvalue weighted by Gasteiger charge is -2.08. The molecule has 0 bridgehead atoms. The first kappa shape index (κ1) is 17.5. The Labute approximate surface area is 157 Å². The molecule has 0 unspecified atom stereocenters. The van der Waals surface area contributed by atoms with Crippen LogP contribution in [0, 0.1) is 17.5 Å². The predicted molar refractivity (Wildman–Crippen MR) is 96.8 cm³/mol. The van der Waals surface area contributed by atoms with Gasteiger partial charge in [-0.05, 0) is 37.3 Å². The Bertz CT molecular complexity index is 1150. The third-order valence-electron chi connectivity index (χ3n) is 4.16. The summed E-state index contributed by atoms with van der Waals surface area (Å²) >= 11 is 6.16. The third-order valence-corrected chi connectivity index (χ3v) is 4.48. The summed E-state index contributed by atoms with van der Waals surface area (Å²) in [5, 5.41) is 0.202. The Morgan fingerprint density at radius 2 is 1.78 bits per heavy atom. The van der Waals surface area contributed by atoms with Crippen LogP contribution in [0.4, 0.5) is 13.2 Å². The van der Waals surface area contributed by atoms with Crippen LogP contribution in [0.5, 0.6) is 0 Å². The smallest absolute Gasteiger partial charge is 0.167 e. The van der Waals surface area contributed by atoms with Crippen LogP contribution in [0.1, 0.15) is 6.92 Å². The Balaban J connectivity index is 1.95. The van der Waals surface area contributed by atoms with E-state index in [1.165, 1.54) is 30.5 Å². The summed E-state index contributed by atoms with van der Waals surface area (Å²) in [6.07, 6.45) is 1.40. The number of aryl methyl sites for hydroxylation is 1. The van der Waals surface area contributed by atoms with Crippen LogP contribution < -0.4 is 0 Å². The van der Waals surface area contributed by atoms with E-state index in [0.29, 0.717) is 29.1 Å². The largest absolute Gasteiger partial charge is 0.309 e. The normalized spacial score (nSPS) is 11.3. The minimum absolute atomic E-state index is 0.0792. The summed E-state index contributed by atoms with van der Waals surface area (Å²) < 4.78 is 43.3. The number of hydrogen-bond acceptors (Lipinski definition) is 3. The van der Waals surface area contributed by atoms with E-state index < -0.39 is 17.5 Å². The van der Waals surface area contributed by atoms with Gasteiger partial charge >= 0.3 is 0 Å². The van der Waals surface area contributed by atoms with Gasteiger partial charge in [-0.3, -0.25) is 0 Å². The molecule has 0 N–H and O–H groups in total. The summed E-state index contributed by atoms with van der Waals surface area (Å²) in [5.74, 6) is -1.57. The summed E-state index contributed by atoms with van der Waals surface area (Å²) in [6.45, 7) is 2.34. The molecule has 8 heteroatoms. The van der Waals surface area contributed by atoms with Crippen LogP contribution >= 0.6 is 11.6 Å². The van der Waals surface area contributed by atoms with Crippen LogP contribution in [-0.4, -0.2) is 19.5 Å². The zero-order valence-electron chi connectivity index (χ0n) is 14.0. The summed E-state index contributed by atoms with van der Waals surface area (Å²) in [5.41, 5.74) is 1.06. The Morgan fingerprint density at radius 3 is 2.44 bits per heavy atom. The molecule has 4 aromatic rings. The summed E-state index contributed by atoms with van der Waals surface area (Å²) in [4.78, 5) is 12.8. The average Bonchev–Trinajstić information content (AvgIpc) is 2.99. The van der Waals surface area contributed by atoms with Crippen molar-refractivity contribution in [1.82, 2.24) is 19.5 Å². The molecule has 0 fully saturated rings. The summed E-state index contributed by atoms with van der Waals surface area (Å²) in [7, 11) is 0. The molecular weight excluding hydrogens is 377 g/mol. The number of fused-ring (bicyclic) bond motifs is 1. The zero-order chi connectivity index (χ0) is 19.1. The van der Waals surface area contributed by atoms with Gasteiger partial charge in [0, 0.05) is 12.1 Å². The highest BCUT2D eigenvalue weighted by atomic mass is 35.5. The number of hydrogen-bond donors (Lipinski definition) is 0. The van der Waals surface area contributed by atoms with E-state index in [4.69, 9.17) is 11.6 Å². The molecule has 0 atom stereocenters. The van der Waals surface area contributed by atoms with Crippen molar-refractivity contribution in [2.75, 3.05) is 0 Å². The van der Waals surface area contributed by atoms with Crippen LogP contribution in [0.3, 0.4) is 0 Å². The van der Waals surface area contributed by atoms with Crippen LogP contribution in [-0.2, 0) is 6.54 Å². The van der Waals surface area contributed by atoms with Gasteiger partial charge in [0.25, 0.3) is 0 Å². The van der Waals surface area contributed by atoms with Gasteiger partial charge in [0.05, 0.1) is 16.8 Å². The molecule has 0 saturated heterocycles. The van der Waals surface area contributed by atoms with E-state index in [9.17, 15) is 13.2 Å². The number of rotatable bonds is 3. The molecule has 0 spiro atoms. The predicted octanol–water partition coefficient (Wildman–Crippen LogP) is 5.25. The second-order valence-electron chi connectivity index (χ2n) is 5.80. The lowest BCUT2D eigenvalue weighted by atomic mass is 10.2. The Hall–Kier alpha value is -2.93.